The molecule has 21 heavy (non-hydrogen) atoms. The first-order valence-corrected chi connectivity index (χ1v) is 8.33. The van der Waals surface area contributed by atoms with Crippen molar-refractivity contribution in [2.75, 3.05) is 23.7 Å². The van der Waals surface area contributed by atoms with Gasteiger partial charge in [0.05, 0.1) is 11.3 Å². The molecular weight excluding hydrogens is 282 g/mol. The van der Waals surface area contributed by atoms with Crippen LogP contribution in [0.3, 0.4) is 0 Å². The normalized spacial score (nSPS) is 15.7. The molecule has 4 nitrogen and oxygen atoms in total. The van der Waals surface area contributed by atoms with Gasteiger partial charge in [0.25, 0.3) is 0 Å². The lowest BCUT2D eigenvalue weighted by Crippen LogP contribution is -2.35. The topological polar surface area (TPSA) is 70.1 Å². The van der Waals surface area contributed by atoms with E-state index >= 15 is 0 Å². The van der Waals surface area contributed by atoms with Gasteiger partial charge in [-0.15, -0.1) is 11.8 Å². The fraction of sp³-hybridized carbons (Fsp3) is 0.500. The van der Waals surface area contributed by atoms with E-state index in [0.717, 1.165) is 47.8 Å². The Balaban J connectivity index is 2.11. The fourth-order valence-electron chi connectivity index (χ4n) is 2.83. The van der Waals surface area contributed by atoms with Crippen molar-refractivity contribution in [2.24, 2.45) is 11.7 Å². The van der Waals surface area contributed by atoms with E-state index in [1.54, 1.807) is 11.8 Å². The Bertz CT molecular complexity index is 545. The minimum atomic E-state index is -0.215. The monoisotopic (exact) mass is 303 g/mol. The van der Waals surface area contributed by atoms with Crippen LogP contribution in [0.4, 0.5) is 5.69 Å². The lowest BCUT2D eigenvalue weighted by Gasteiger charge is -2.34. The predicted molar refractivity (Wildman–Crippen MR) is 86.3 cm³/mol. The summed E-state index contributed by atoms with van der Waals surface area (Å²) in [6.07, 6.45) is 2.39. The Morgan fingerprint density at radius 3 is 2.76 bits per heavy atom. The average Bonchev–Trinajstić information content (AvgIpc) is 2.47. The van der Waals surface area contributed by atoms with Crippen LogP contribution in [-0.2, 0) is 4.79 Å². The predicted octanol–water partition coefficient (Wildman–Crippen LogP) is 2.76. The Hall–Kier alpha value is -1.67. The fourth-order valence-corrected chi connectivity index (χ4v) is 3.61. The molecule has 0 aliphatic carbocycles. The number of rotatable bonds is 5. The van der Waals surface area contributed by atoms with Crippen LogP contribution in [0.2, 0.25) is 0 Å². The number of anilines is 1. The minimum absolute atomic E-state index is 0.215. The van der Waals surface area contributed by atoms with Gasteiger partial charge in [0.2, 0.25) is 5.91 Å². The number of piperidine rings is 1. The maximum absolute atomic E-state index is 11.0. The number of hydrogen-bond acceptors (Lipinski definition) is 4. The molecule has 1 aliphatic heterocycles. The van der Waals surface area contributed by atoms with Crippen LogP contribution in [0.15, 0.2) is 23.1 Å². The van der Waals surface area contributed by atoms with Crippen molar-refractivity contribution >= 4 is 23.4 Å². The van der Waals surface area contributed by atoms with Crippen LogP contribution in [0.5, 0.6) is 0 Å². The van der Waals surface area contributed by atoms with E-state index in [2.05, 4.69) is 17.9 Å². The SMILES string of the molecule is CCSc1cccc(N2CCC(CC(N)=O)CC2)c1C#N. The quantitative estimate of drug-likeness (QED) is 0.849. The molecule has 2 N–H and O–H groups in total. The molecule has 0 saturated carbocycles. The van der Waals surface area contributed by atoms with Crippen LogP contribution in [0, 0.1) is 17.2 Å². The molecule has 112 valence electrons. The highest BCUT2D eigenvalue weighted by Crippen LogP contribution is 2.32. The molecule has 1 aliphatic rings. The third-order valence-corrected chi connectivity index (χ3v) is 4.80. The first-order chi connectivity index (χ1) is 10.2. The summed E-state index contributed by atoms with van der Waals surface area (Å²) < 4.78 is 0. The number of carbonyl (C=O) groups excluding carboxylic acids is 1. The minimum Gasteiger partial charge on any atom is -0.370 e. The highest BCUT2D eigenvalue weighted by molar-refractivity contribution is 7.99. The van der Waals surface area contributed by atoms with E-state index in [4.69, 9.17) is 5.73 Å². The molecule has 1 heterocycles. The van der Waals surface area contributed by atoms with Gasteiger partial charge in [0, 0.05) is 24.4 Å². The number of amides is 1. The van der Waals surface area contributed by atoms with Gasteiger partial charge in [-0.3, -0.25) is 4.79 Å². The molecule has 0 unspecified atom stereocenters. The van der Waals surface area contributed by atoms with Crippen molar-refractivity contribution in [3.05, 3.63) is 23.8 Å². The van der Waals surface area contributed by atoms with Gasteiger partial charge < -0.3 is 10.6 Å². The van der Waals surface area contributed by atoms with Crippen molar-refractivity contribution < 1.29 is 4.79 Å². The van der Waals surface area contributed by atoms with Crippen LogP contribution >= 0.6 is 11.8 Å². The molecule has 1 aromatic carbocycles. The second-order valence-corrected chi connectivity index (χ2v) is 6.60. The number of hydrogen-bond donors (Lipinski definition) is 1. The number of benzene rings is 1. The Kier molecular flexibility index (Phi) is 5.51. The number of nitrogens with zero attached hydrogens (tertiary/aromatic N) is 2. The summed E-state index contributed by atoms with van der Waals surface area (Å²) in [6.45, 7) is 3.85. The van der Waals surface area contributed by atoms with E-state index in [1.165, 1.54) is 0 Å². The third-order valence-electron chi connectivity index (χ3n) is 3.86. The first kappa shape index (κ1) is 15.7. The van der Waals surface area contributed by atoms with Crippen molar-refractivity contribution in [1.29, 1.82) is 5.26 Å². The van der Waals surface area contributed by atoms with Crippen molar-refractivity contribution in [1.82, 2.24) is 0 Å². The molecule has 0 spiro atoms. The molecule has 0 atom stereocenters. The smallest absolute Gasteiger partial charge is 0.217 e. The first-order valence-electron chi connectivity index (χ1n) is 7.34. The number of thioether (sulfide) groups is 1. The van der Waals surface area contributed by atoms with Gasteiger partial charge >= 0.3 is 0 Å². The van der Waals surface area contributed by atoms with E-state index in [-0.39, 0.29) is 5.91 Å². The molecule has 0 bridgehead atoms. The van der Waals surface area contributed by atoms with E-state index < -0.39 is 0 Å². The number of primary amides is 1. The summed E-state index contributed by atoms with van der Waals surface area (Å²) in [7, 11) is 0. The Morgan fingerprint density at radius 2 is 2.19 bits per heavy atom. The third kappa shape index (κ3) is 3.92. The highest BCUT2D eigenvalue weighted by Gasteiger charge is 2.23. The number of carbonyl (C=O) groups is 1. The molecule has 1 fully saturated rings. The van der Waals surface area contributed by atoms with Crippen molar-refractivity contribution in [2.45, 2.75) is 31.1 Å². The van der Waals surface area contributed by atoms with Gasteiger partial charge in [-0.2, -0.15) is 5.26 Å². The van der Waals surface area contributed by atoms with Gasteiger partial charge in [0.15, 0.2) is 0 Å². The molecule has 1 amide bonds. The van der Waals surface area contributed by atoms with Gasteiger partial charge in [-0.25, -0.2) is 0 Å². The zero-order valence-corrected chi connectivity index (χ0v) is 13.2. The highest BCUT2D eigenvalue weighted by atomic mass is 32.2. The zero-order valence-electron chi connectivity index (χ0n) is 12.3. The van der Waals surface area contributed by atoms with Gasteiger partial charge in [0.1, 0.15) is 6.07 Å². The number of nitriles is 1. The second kappa shape index (κ2) is 7.37. The molecule has 1 saturated heterocycles. The van der Waals surface area contributed by atoms with Crippen LogP contribution in [-0.4, -0.2) is 24.7 Å². The standard InChI is InChI=1S/C16H21N3OS/c1-2-21-15-5-3-4-14(13(15)11-17)19-8-6-12(7-9-19)10-16(18)20/h3-5,12H,2,6-10H2,1H3,(H2,18,20). The molecule has 0 radical (unpaired) electrons. The molecule has 0 aromatic heterocycles. The van der Waals surface area contributed by atoms with Crippen LogP contribution in [0.25, 0.3) is 0 Å². The maximum Gasteiger partial charge on any atom is 0.217 e. The van der Waals surface area contributed by atoms with E-state index in [1.807, 2.05) is 18.2 Å². The summed E-state index contributed by atoms with van der Waals surface area (Å²) in [5.74, 6) is 1.13. The van der Waals surface area contributed by atoms with E-state index in [0.29, 0.717) is 12.3 Å². The van der Waals surface area contributed by atoms with Crippen molar-refractivity contribution in [3.63, 3.8) is 0 Å². The lowest BCUT2D eigenvalue weighted by molar-refractivity contribution is -0.119. The van der Waals surface area contributed by atoms with Crippen LogP contribution < -0.4 is 10.6 Å². The van der Waals surface area contributed by atoms with Crippen molar-refractivity contribution in [3.8, 4) is 6.07 Å². The number of nitrogens with two attached hydrogens (primary N) is 1. The summed E-state index contributed by atoms with van der Waals surface area (Å²) >= 11 is 1.70. The molecule has 1 aromatic rings. The summed E-state index contributed by atoms with van der Waals surface area (Å²) in [5.41, 5.74) is 7.07. The molecular formula is C16H21N3OS. The largest absolute Gasteiger partial charge is 0.370 e. The zero-order chi connectivity index (χ0) is 15.2. The summed E-state index contributed by atoms with van der Waals surface area (Å²) in [5, 5.41) is 9.48. The molecule has 5 heteroatoms. The average molecular weight is 303 g/mol. The Labute approximate surface area is 130 Å². The second-order valence-electron chi connectivity index (χ2n) is 5.30. The van der Waals surface area contributed by atoms with Gasteiger partial charge in [-0.05, 0) is 36.6 Å². The van der Waals surface area contributed by atoms with Crippen LogP contribution in [0.1, 0.15) is 31.7 Å². The van der Waals surface area contributed by atoms with E-state index in [9.17, 15) is 10.1 Å². The lowest BCUT2D eigenvalue weighted by atomic mass is 9.92. The summed E-state index contributed by atoms with van der Waals surface area (Å²) in [6, 6.07) is 8.40. The summed E-state index contributed by atoms with van der Waals surface area (Å²) in [4.78, 5) is 14.3. The maximum atomic E-state index is 11.0. The van der Waals surface area contributed by atoms with Gasteiger partial charge in [-0.1, -0.05) is 13.0 Å². The molecule has 2 rings (SSSR count). The Morgan fingerprint density at radius 1 is 1.48 bits per heavy atom.